The van der Waals surface area contributed by atoms with Gasteiger partial charge in [0.05, 0.1) is 0 Å². The van der Waals surface area contributed by atoms with Gasteiger partial charge in [-0.05, 0) is 18.2 Å². The van der Waals surface area contributed by atoms with E-state index in [1.165, 1.54) is 0 Å². The van der Waals surface area contributed by atoms with Gasteiger partial charge in [-0.1, -0.05) is 30.3 Å². The number of aromatic nitrogens is 4. The molecular weight excluding hydrogens is 352 g/mol. The van der Waals surface area contributed by atoms with Crippen molar-refractivity contribution in [2.24, 2.45) is 0 Å². The number of furan rings is 1. The molecule has 4 heterocycles. The van der Waals surface area contributed by atoms with Crippen LogP contribution in [0.5, 0.6) is 0 Å². The lowest BCUT2D eigenvalue weighted by molar-refractivity contribution is 0.137. The molecule has 3 aromatic heterocycles. The molecule has 8 heteroatoms. The Balaban J connectivity index is 1.46. The molecule has 0 fully saturated rings. The molecule has 5 rings (SSSR count). The van der Waals surface area contributed by atoms with E-state index in [1.54, 1.807) is 12.1 Å². The predicted molar refractivity (Wildman–Crippen MR) is 94.6 cm³/mol. The number of fused-ring (bicyclic) bond motifs is 2. The molecule has 0 spiro atoms. The summed E-state index contributed by atoms with van der Waals surface area (Å²) < 4.78 is 33.3. The summed E-state index contributed by atoms with van der Waals surface area (Å²) in [7, 11) is 0. The van der Waals surface area contributed by atoms with Gasteiger partial charge in [-0.3, -0.25) is 0 Å². The molecule has 0 radical (unpaired) electrons. The number of halogens is 2. The molecule has 0 N–H and O–H groups in total. The summed E-state index contributed by atoms with van der Waals surface area (Å²) in [6.07, 6.45) is -2.00. The van der Waals surface area contributed by atoms with E-state index in [2.05, 4.69) is 15.3 Å². The third-order valence-electron chi connectivity index (χ3n) is 4.72. The fourth-order valence-corrected chi connectivity index (χ4v) is 3.37. The van der Waals surface area contributed by atoms with Gasteiger partial charge in [-0.15, -0.1) is 15.3 Å². The molecule has 0 saturated heterocycles. The maximum Gasteiger partial charge on any atom is 0.299 e. The highest BCUT2D eigenvalue weighted by Crippen LogP contribution is 2.31. The second kappa shape index (κ2) is 6.15. The quantitative estimate of drug-likeness (QED) is 0.550. The van der Waals surface area contributed by atoms with Gasteiger partial charge < -0.3 is 9.32 Å². The Hall–Kier alpha value is -3.29. The van der Waals surface area contributed by atoms with E-state index in [-0.39, 0.29) is 0 Å². The molecule has 0 amide bonds. The maximum absolute atomic E-state index is 13.1. The van der Waals surface area contributed by atoms with Crippen molar-refractivity contribution in [3.05, 3.63) is 65.7 Å². The zero-order chi connectivity index (χ0) is 18.4. The van der Waals surface area contributed by atoms with E-state index >= 15 is 0 Å². The first-order valence-electron chi connectivity index (χ1n) is 8.61. The summed E-state index contributed by atoms with van der Waals surface area (Å²) in [6, 6.07) is 15.4. The first-order valence-corrected chi connectivity index (χ1v) is 8.61. The second-order valence-electron chi connectivity index (χ2n) is 6.42. The van der Waals surface area contributed by atoms with Crippen LogP contribution < -0.4 is 4.90 Å². The van der Waals surface area contributed by atoms with Crippen LogP contribution in [0.2, 0.25) is 0 Å². The van der Waals surface area contributed by atoms with E-state index in [9.17, 15) is 8.78 Å². The van der Waals surface area contributed by atoms with Gasteiger partial charge in [0.15, 0.2) is 5.65 Å². The highest BCUT2D eigenvalue weighted by Gasteiger charge is 2.24. The Morgan fingerprint density at radius 1 is 1.04 bits per heavy atom. The lowest BCUT2D eigenvalue weighted by atomic mass is 10.1. The molecule has 1 aliphatic heterocycles. The van der Waals surface area contributed by atoms with Crippen molar-refractivity contribution in [1.82, 2.24) is 19.8 Å². The molecule has 4 aromatic rings. The molecule has 0 saturated carbocycles. The van der Waals surface area contributed by atoms with Gasteiger partial charge >= 0.3 is 0 Å². The zero-order valence-corrected chi connectivity index (χ0v) is 14.2. The average molecular weight is 367 g/mol. The summed E-state index contributed by atoms with van der Waals surface area (Å²) in [5, 5.41) is 11.6. The fraction of sp³-hybridized carbons (Fsp3) is 0.211. The highest BCUT2D eigenvalue weighted by atomic mass is 19.3. The monoisotopic (exact) mass is 367 g/mol. The Labute approximate surface area is 153 Å². The van der Waals surface area contributed by atoms with Gasteiger partial charge in [-0.2, -0.15) is 4.52 Å². The maximum atomic E-state index is 13.1. The third-order valence-corrected chi connectivity index (χ3v) is 4.72. The standard InChI is InChI=1S/C19H15F2N5O/c20-18(21)19-23-22-16-6-7-17(24-26(16)19)25-9-8-14-13(11-25)10-15(27-14)12-4-2-1-3-5-12/h1-7,10,18H,8-9,11H2. The van der Waals surface area contributed by atoms with Crippen molar-refractivity contribution in [3.63, 3.8) is 0 Å². The summed E-state index contributed by atoms with van der Waals surface area (Å²) in [5.74, 6) is 1.96. The molecule has 136 valence electrons. The molecule has 0 unspecified atom stereocenters. The van der Waals surface area contributed by atoms with Crippen molar-refractivity contribution in [2.75, 3.05) is 11.4 Å². The van der Waals surface area contributed by atoms with Crippen LogP contribution in [0, 0.1) is 0 Å². The largest absolute Gasteiger partial charge is 0.461 e. The van der Waals surface area contributed by atoms with Gasteiger partial charge in [0.1, 0.15) is 17.3 Å². The Bertz CT molecular complexity index is 1110. The number of nitrogens with zero attached hydrogens (tertiary/aromatic N) is 5. The molecule has 27 heavy (non-hydrogen) atoms. The van der Waals surface area contributed by atoms with Gasteiger partial charge in [-0.25, -0.2) is 8.78 Å². The molecule has 0 aliphatic carbocycles. The second-order valence-corrected chi connectivity index (χ2v) is 6.42. The van der Waals surface area contributed by atoms with E-state index in [1.807, 2.05) is 41.3 Å². The third kappa shape index (κ3) is 2.73. The number of benzene rings is 1. The van der Waals surface area contributed by atoms with E-state index in [4.69, 9.17) is 4.42 Å². The summed E-state index contributed by atoms with van der Waals surface area (Å²) >= 11 is 0. The Morgan fingerprint density at radius 3 is 2.70 bits per heavy atom. The van der Waals surface area contributed by atoms with Crippen molar-refractivity contribution >= 4 is 11.5 Å². The van der Waals surface area contributed by atoms with Crippen molar-refractivity contribution < 1.29 is 13.2 Å². The molecule has 1 aliphatic rings. The van der Waals surface area contributed by atoms with Crippen molar-refractivity contribution in [3.8, 4) is 11.3 Å². The predicted octanol–water partition coefficient (Wildman–Crippen LogP) is 3.88. The lowest BCUT2D eigenvalue weighted by Crippen LogP contribution is -2.30. The summed E-state index contributed by atoms with van der Waals surface area (Å²) in [6.45, 7) is 1.30. The van der Waals surface area contributed by atoms with Crippen LogP contribution in [0.15, 0.2) is 52.9 Å². The van der Waals surface area contributed by atoms with Gasteiger partial charge in [0.2, 0.25) is 5.82 Å². The van der Waals surface area contributed by atoms with Gasteiger partial charge in [0, 0.05) is 30.6 Å². The molecule has 6 nitrogen and oxygen atoms in total. The number of hydrogen-bond acceptors (Lipinski definition) is 5. The molecule has 0 atom stereocenters. The van der Waals surface area contributed by atoms with Crippen LogP contribution in [-0.2, 0) is 13.0 Å². The fourth-order valence-electron chi connectivity index (χ4n) is 3.37. The summed E-state index contributed by atoms with van der Waals surface area (Å²) in [5.41, 5.74) is 2.42. The molecule has 0 bridgehead atoms. The van der Waals surface area contributed by atoms with E-state index in [0.717, 1.165) is 33.6 Å². The minimum atomic E-state index is -2.72. The average Bonchev–Trinajstić information content (AvgIpc) is 3.31. The number of anilines is 1. The Morgan fingerprint density at radius 2 is 1.89 bits per heavy atom. The Kier molecular flexibility index (Phi) is 3.63. The van der Waals surface area contributed by atoms with Gasteiger partial charge in [0.25, 0.3) is 6.43 Å². The van der Waals surface area contributed by atoms with E-state index in [0.29, 0.717) is 24.6 Å². The molecule has 1 aromatic carbocycles. The van der Waals surface area contributed by atoms with Crippen LogP contribution in [-0.4, -0.2) is 26.4 Å². The highest BCUT2D eigenvalue weighted by molar-refractivity contribution is 5.59. The zero-order valence-electron chi connectivity index (χ0n) is 14.2. The normalized spacial score (nSPS) is 14.1. The SMILES string of the molecule is FC(F)c1nnc2ccc(N3CCc4oc(-c5ccccc5)cc4C3)nn12. The topological polar surface area (TPSA) is 59.5 Å². The van der Waals surface area contributed by atoms with Crippen molar-refractivity contribution in [2.45, 2.75) is 19.4 Å². The summed E-state index contributed by atoms with van der Waals surface area (Å²) in [4.78, 5) is 2.04. The van der Waals surface area contributed by atoms with E-state index < -0.39 is 12.2 Å². The first-order chi connectivity index (χ1) is 13.2. The minimum Gasteiger partial charge on any atom is -0.461 e. The van der Waals surface area contributed by atoms with Crippen molar-refractivity contribution in [1.29, 1.82) is 0 Å². The number of rotatable bonds is 3. The molecular formula is C19H15F2N5O. The first kappa shape index (κ1) is 15.9. The number of alkyl halides is 2. The van der Waals surface area contributed by atoms with Crippen LogP contribution in [0.1, 0.15) is 23.6 Å². The smallest absolute Gasteiger partial charge is 0.299 e. The lowest BCUT2D eigenvalue weighted by Gasteiger charge is -2.26. The minimum absolute atomic E-state index is 0.307. The van der Waals surface area contributed by atoms with Crippen LogP contribution in [0.3, 0.4) is 0 Å². The van der Waals surface area contributed by atoms with Crippen LogP contribution in [0.25, 0.3) is 17.0 Å². The van der Waals surface area contributed by atoms with Crippen LogP contribution >= 0.6 is 0 Å². The number of hydrogen-bond donors (Lipinski definition) is 0. The van der Waals surface area contributed by atoms with Crippen LogP contribution in [0.4, 0.5) is 14.6 Å².